The number of halogens is 2. The maximum atomic E-state index is 13.9. The molecule has 0 aliphatic carbocycles. The lowest BCUT2D eigenvalue weighted by molar-refractivity contribution is 0.0689. The summed E-state index contributed by atoms with van der Waals surface area (Å²) in [5.41, 5.74) is 1.59. The van der Waals surface area contributed by atoms with Gasteiger partial charge in [0.15, 0.2) is 0 Å². The van der Waals surface area contributed by atoms with Crippen LogP contribution in [-0.2, 0) is 17.1 Å². The fourth-order valence-corrected chi connectivity index (χ4v) is 7.74. The molecule has 1 N–H and O–H groups in total. The van der Waals surface area contributed by atoms with Crippen molar-refractivity contribution in [1.29, 1.82) is 0 Å². The third-order valence-electron chi connectivity index (χ3n) is 8.39. The highest BCUT2D eigenvalue weighted by molar-refractivity contribution is 7.92. The van der Waals surface area contributed by atoms with Gasteiger partial charge in [-0.25, -0.2) is 13.1 Å². The number of nitrogens with zero attached hydrogens (tertiary/aromatic N) is 4. The van der Waals surface area contributed by atoms with Gasteiger partial charge in [-0.1, -0.05) is 71.7 Å². The molecule has 0 spiro atoms. The van der Waals surface area contributed by atoms with Crippen LogP contribution in [0.3, 0.4) is 0 Å². The van der Waals surface area contributed by atoms with Crippen LogP contribution in [0.25, 0.3) is 5.69 Å². The standard InChI is InChI=1S/C32H35Cl2N5O4S/c1-5-38(26-16-17-37(20-26)21(2)23-12-8-6-9-13-23)31(40)24-18-27(33)29(34)28(19-24)44(42,43)35-30-22(3)36(4)39(32(30)41)25-14-10-7-11-15-25/h6-15,18-19,21,26,35H,5,16-17,20H2,1-4H3. The van der Waals surface area contributed by atoms with E-state index in [0.29, 0.717) is 24.5 Å². The van der Waals surface area contributed by atoms with Crippen molar-refractivity contribution in [2.45, 2.75) is 44.2 Å². The van der Waals surface area contributed by atoms with Crippen LogP contribution in [-0.4, -0.2) is 59.2 Å². The van der Waals surface area contributed by atoms with E-state index in [4.69, 9.17) is 23.2 Å². The molecule has 9 nitrogen and oxygen atoms in total. The van der Waals surface area contributed by atoms with Gasteiger partial charge in [0.05, 0.1) is 21.4 Å². The molecule has 3 aromatic carbocycles. The van der Waals surface area contributed by atoms with Gasteiger partial charge in [-0.05, 0) is 57.0 Å². The van der Waals surface area contributed by atoms with Crippen molar-refractivity contribution >= 4 is 44.8 Å². The summed E-state index contributed by atoms with van der Waals surface area (Å²) in [6, 6.07) is 21.9. The van der Waals surface area contributed by atoms with E-state index in [-0.39, 0.29) is 44.2 Å². The second-order valence-electron chi connectivity index (χ2n) is 10.9. The minimum absolute atomic E-state index is 0.0604. The molecule has 1 fully saturated rings. The Bertz CT molecular complexity index is 1840. The van der Waals surface area contributed by atoms with Crippen molar-refractivity contribution in [2.24, 2.45) is 7.05 Å². The van der Waals surface area contributed by atoms with Crippen molar-refractivity contribution in [1.82, 2.24) is 19.2 Å². The number of carbonyl (C=O) groups is 1. The zero-order chi connectivity index (χ0) is 31.8. The predicted molar refractivity (Wildman–Crippen MR) is 175 cm³/mol. The minimum atomic E-state index is -4.43. The smallest absolute Gasteiger partial charge is 0.296 e. The molecule has 5 rings (SSSR count). The predicted octanol–water partition coefficient (Wildman–Crippen LogP) is 5.89. The van der Waals surface area contributed by atoms with E-state index in [1.54, 1.807) is 47.8 Å². The van der Waals surface area contributed by atoms with Gasteiger partial charge < -0.3 is 4.90 Å². The van der Waals surface area contributed by atoms with Crippen LogP contribution in [0.1, 0.15) is 47.9 Å². The Morgan fingerprint density at radius 1 is 1.07 bits per heavy atom. The Hall–Kier alpha value is -3.57. The van der Waals surface area contributed by atoms with E-state index in [0.717, 1.165) is 13.0 Å². The van der Waals surface area contributed by atoms with E-state index in [2.05, 4.69) is 28.7 Å². The van der Waals surface area contributed by atoms with Crippen LogP contribution in [0.4, 0.5) is 5.69 Å². The largest absolute Gasteiger partial charge is 0.335 e. The number of benzene rings is 3. The van der Waals surface area contributed by atoms with Crippen LogP contribution in [0, 0.1) is 6.92 Å². The van der Waals surface area contributed by atoms with Crippen molar-refractivity contribution in [3.8, 4) is 5.69 Å². The highest BCUT2D eigenvalue weighted by Crippen LogP contribution is 2.34. The van der Waals surface area contributed by atoms with Crippen molar-refractivity contribution in [3.63, 3.8) is 0 Å². The van der Waals surface area contributed by atoms with Crippen molar-refractivity contribution < 1.29 is 13.2 Å². The summed E-state index contributed by atoms with van der Waals surface area (Å²) >= 11 is 12.8. The molecule has 0 radical (unpaired) electrons. The first-order valence-corrected chi connectivity index (χ1v) is 16.6. The van der Waals surface area contributed by atoms with E-state index in [1.165, 1.54) is 22.4 Å². The van der Waals surface area contributed by atoms with Crippen LogP contribution in [0.15, 0.2) is 82.5 Å². The number of nitrogens with one attached hydrogen (secondary N) is 1. The average molecular weight is 657 g/mol. The first-order valence-electron chi connectivity index (χ1n) is 14.4. The first-order chi connectivity index (χ1) is 20.9. The van der Waals surface area contributed by atoms with Crippen LogP contribution in [0.2, 0.25) is 10.0 Å². The minimum Gasteiger partial charge on any atom is -0.335 e. The van der Waals surface area contributed by atoms with E-state index in [1.807, 2.05) is 31.2 Å². The number of sulfonamides is 1. The van der Waals surface area contributed by atoms with Gasteiger partial charge in [-0.2, -0.15) is 0 Å². The molecule has 1 saturated heterocycles. The van der Waals surface area contributed by atoms with Crippen molar-refractivity contribution in [3.05, 3.63) is 110 Å². The molecule has 2 unspecified atom stereocenters. The molecule has 1 aliphatic rings. The Morgan fingerprint density at radius 3 is 2.34 bits per heavy atom. The first kappa shape index (κ1) is 31.8. The number of rotatable bonds is 9. The van der Waals surface area contributed by atoms with Crippen molar-refractivity contribution in [2.75, 3.05) is 24.4 Å². The fourth-order valence-electron chi connectivity index (χ4n) is 5.81. The summed E-state index contributed by atoms with van der Waals surface area (Å²) in [5.74, 6) is -0.343. The lowest BCUT2D eigenvalue weighted by Crippen LogP contribution is -2.42. The van der Waals surface area contributed by atoms with E-state index in [9.17, 15) is 18.0 Å². The number of anilines is 1. The average Bonchev–Trinajstić information content (AvgIpc) is 3.58. The SMILES string of the molecule is CCN(C(=O)c1cc(Cl)c(Cl)c(S(=O)(=O)Nc2c(C)n(C)n(-c3ccccc3)c2=O)c1)C1CCN(C(C)c2ccccc2)C1. The monoisotopic (exact) mass is 655 g/mol. The molecule has 2 heterocycles. The molecule has 1 aromatic heterocycles. The topological polar surface area (TPSA) is 96.6 Å². The Morgan fingerprint density at radius 2 is 1.70 bits per heavy atom. The quantitative estimate of drug-likeness (QED) is 0.243. The highest BCUT2D eigenvalue weighted by atomic mass is 35.5. The van der Waals surface area contributed by atoms with Crippen LogP contribution < -0.4 is 10.3 Å². The number of amides is 1. The van der Waals surface area contributed by atoms with Gasteiger partial charge in [0.1, 0.15) is 10.6 Å². The second kappa shape index (κ2) is 12.8. The van der Waals surface area contributed by atoms with Crippen LogP contribution >= 0.6 is 23.2 Å². The number of para-hydroxylation sites is 1. The number of aromatic nitrogens is 2. The zero-order valence-corrected chi connectivity index (χ0v) is 27.3. The molecule has 0 bridgehead atoms. The molecular weight excluding hydrogens is 621 g/mol. The van der Waals surface area contributed by atoms with Gasteiger partial charge in [-0.3, -0.25) is 23.9 Å². The number of likely N-dealkylation sites (N-methyl/N-ethyl adjacent to an activating group) is 1. The van der Waals surface area contributed by atoms with Gasteiger partial charge >= 0.3 is 0 Å². The third kappa shape index (κ3) is 6.04. The van der Waals surface area contributed by atoms with E-state index >= 15 is 0 Å². The highest BCUT2D eigenvalue weighted by Gasteiger charge is 2.34. The third-order valence-corrected chi connectivity index (χ3v) is 10.7. The Balaban J connectivity index is 1.42. The lowest BCUT2D eigenvalue weighted by Gasteiger charge is -2.30. The second-order valence-corrected chi connectivity index (χ2v) is 13.4. The number of carbonyl (C=O) groups excluding carboxylic acids is 1. The summed E-state index contributed by atoms with van der Waals surface area (Å²) in [5, 5.41) is -0.314. The Labute approximate surface area is 267 Å². The molecule has 1 aliphatic heterocycles. The molecule has 2 atom stereocenters. The van der Waals surface area contributed by atoms with Gasteiger partial charge in [-0.15, -0.1) is 0 Å². The summed E-state index contributed by atoms with van der Waals surface area (Å²) in [7, 11) is -2.77. The number of hydrogen-bond donors (Lipinski definition) is 1. The zero-order valence-electron chi connectivity index (χ0n) is 25.0. The Kier molecular flexibility index (Phi) is 9.27. The molecule has 44 heavy (non-hydrogen) atoms. The number of likely N-dealkylation sites (tertiary alicyclic amines) is 1. The maximum Gasteiger partial charge on any atom is 0.296 e. The molecule has 0 saturated carbocycles. The number of hydrogen-bond acceptors (Lipinski definition) is 5. The normalized spacial score (nSPS) is 16.2. The molecule has 12 heteroatoms. The summed E-state index contributed by atoms with van der Waals surface area (Å²) in [4.78, 5) is 30.9. The molecule has 1 amide bonds. The molecule has 232 valence electrons. The van der Waals surface area contributed by atoms with Gasteiger partial charge in [0, 0.05) is 44.3 Å². The summed E-state index contributed by atoms with van der Waals surface area (Å²) < 4.78 is 32.8. The van der Waals surface area contributed by atoms with Gasteiger partial charge in [0.2, 0.25) is 0 Å². The lowest BCUT2D eigenvalue weighted by atomic mass is 10.1. The maximum absolute atomic E-state index is 13.9. The molecule has 4 aromatic rings. The summed E-state index contributed by atoms with van der Waals surface area (Å²) in [6.45, 7) is 7.63. The molecular formula is C32H35Cl2N5O4S. The van der Waals surface area contributed by atoms with E-state index < -0.39 is 15.6 Å². The van der Waals surface area contributed by atoms with Gasteiger partial charge in [0.25, 0.3) is 21.5 Å². The summed E-state index contributed by atoms with van der Waals surface area (Å²) in [6.07, 6.45) is 0.783. The van der Waals surface area contributed by atoms with Crippen LogP contribution in [0.5, 0.6) is 0 Å². The fraction of sp³-hybridized carbons (Fsp3) is 0.312.